The van der Waals surface area contributed by atoms with Gasteiger partial charge in [0, 0.05) is 4.83 Å². The van der Waals surface area contributed by atoms with Crippen molar-refractivity contribution in [2.75, 3.05) is 6.54 Å². The van der Waals surface area contributed by atoms with E-state index < -0.39 is 0 Å². The molecule has 0 spiro atoms. The standard InChI is InChI=1S/C6H14BrN/c1-5(4-8)3-6(2)7/h5-6H,3-4,8H2,1-2H3. The van der Waals surface area contributed by atoms with Crippen LogP contribution in [0.25, 0.3) is 0 Å². The Balaban J connectivity index is 3.10. The smallest absolute Gasteiger partial charge is 0.0120 e. The van der Waals surface area contributed by atoms with Crippen LogP contribution in [-0.4, -0.2) is 11.4 Å². The zero-order valence-corrected chi connectivity index (χ0v) is 7.11. The minimum Gasteiger partial charge on any atom is -0.330 e. The maximum Gasteiger partial charge on any atom is 0.0120 e. The van der Waals surface area contributed by atoms with Crippen molar-refractivity contribution in [3.05, 3.63) is 0 Å². The zero-order valence-electron chi connectivity index (χ0n) is 5.52. The second-order valence-electron chi connectivity index (χ2n) is 2.36. The fourth-order valence-electron chi connectivity index (χ4n) is 0.651. The molecule has 0 saturated heterocycles. The minimum absolute atomic E-state index is 0.612. The van der Waals surface area contributed by atoms with E-state index in [-0.39, 0.29) is 0 Å². The predicted molar refractivity (Wildman–Crippen MR) is 41.2 cm³/mol. The highest BCUT2D eigenvalue weighted by molar-refractivity contribution is 9.09. The summed E-state index contributed by atoms with van der Waals surface area (Å²) in [6, 6.07) is 0. The second kappa shape index (κ2) is 4.33. The maximum atomic E-state index is 5.40. The average Bonchev–Trinajstić information content (AvgIpc) is 1.65. The summed E-state index contributed by atoms with van der Waals surface area (Å²) in [5.41, 5.74) is 5.40. The lowest BCUT2D eigenvalue weighted by molar-refractivity contribution is 0.547. The van der Waals surface area contributed by atoms with E-state index in [0.29, 0.717) is 10.7 Å². The van der Waals surface area contributed by atoms with Crippen molar-refractivity contribution in [3.63, 3.8) is 0 Å². The van der Waals surface area contributed by atoms with Gasteiger partial charge in [-0.3, -0.25) is 0 Å². The van der Waals surface area contributed by atoms with Gasteiger partial charge in [0.05, 0.1) is 0 Å². The Kier molecular flexibility index (Phi) is 4.57. The average molecular weight is 180 g/mol. The Bertz CT molecular complexity index is 54.5. The molecule has 2 unspecified atom stereocenters. The van der Waals surface area contributed by atoms with E-state index in [4.69, 9.17) is 5.73 Å². The fraction of sp³-hybridized carbons (Fsp3) is 1.00. The van der Waals surface area contributed by atoms with Crippen molar-refractivity contribution < 1.29 is 0 Å². The van der Waals surface area contributed by atoms with Gasteiger partial charge in [-0.1, -0.05) is 29.8 Å². The monoisotopic (exact) mass is 179 g/mol. The Hall–Kier alpha value is 0.440. The quantitative estimate of drug-likeness (QED) is 0.658. The third-order valence-electron chi connectivity index (χ3n) is 1.13. The molecule has 0 aromatic rings. The lowest BCUT2D eigenvalue weighted by Crippen LogP contribution is -2.13. The molecule has 0 amide bonds. The van der Waals surface area contributed by atoms with Crippen LogP contribution in [0.2, 0.25) is 0 Å². The van der Waals surface area contributed by atoms with Gasteiger partial charge < -0.3 is 5.73 Å². The molecular weight excluding hydrogens is 166 g/mol. The molecule has 0 saturated carbocycles. The number of alkyl halides is 1. The third-order valence-corrected chi connectivity index (χ3v) is 1.50. The van der Waals surface area contributed by atoms with Gasteiger partial charge in [-0.05, 0) is 18.9 Å². The lowest BCUT2D eigenvalue weighted by atomic mass is 10.1. The summed E-state index contributed by atoms with van der Waals surface area (Å²) in [5.74, 6) is 0.657. The van der Waals surface area contributed by atoms with Crippen LogP contribution in [0.1, 0.15) is 20.3 Å². The molecule has 0 fully saturated rings. The Morgan fingerprint density at radius 2 is 2.00 bits per heavy atom. The fourth-order valence-corrected chi connectivity index (χ4v) is 1.29. The van der Waals surface area contributed by atoms with Gasteiger partial charge in [0.2, 0.25) is 0 Å². The number of hydrogen-bond acceptors (Lipinski definition) is 1. The van der Waals surface area contributed by atoms with E-state index >= 15 is 0 Å². The van der Waals surface area contributed by atoms with Crippen molar-refractivity contribution >= 4 is 15.9 Å². The van der Waals surface area contributed by atoms with Gasteiger partial charge in [-0.15, -0.1) is 0 Å². The Morgan fingerprint density at radius 3 is 2.12 bits per heavy atom. The van der Waals surface area contributed by atoms with Crippen LogP contribution in [0, 0.1) is 5.92 Å². The molecule has 0 radical (unpaired) electrons. The summed E-state index contributed by atoms with van der Waals surface area (Å²) in [5, 5.41) is 0. The van der Waals surface area contributed by atoms with Gasteiger partial charge in [-0.25, -0.2) is 0 Å². The molecule has 8 heavy (non-hydrogen) atoms. The maximum absolute atomic E-state index is 5.40. The highest BCUT2D eigenvalue weighted by atomic mass is 79.9. The first-order valence-corrected chi connectivity index (χ1v) is 3.92. The second-order valence-corrected chi connectivity index (χ2v) is 3.92. The van der Waals surface area contributed by atoms with Crippen LogP contribution in [0.15, 0.2) is 0 Å². The van der Waals surface area contributed by atoms with Crippen LogP contribution >= 0.6 is 15.9 Å². The van der Waals surface area contributed by atoms with E-state index in [1.807, 2.05) is 0 Å². The van der Waals surface area contributed by atoms with E-state index in [9.17, 15) is 0 Å². The third kappa shape index (κ3) is 4.60. The topological polar surface area (TPSA) is 26.0 Å². The van der Waals surface area contributed by atoms with Gasteiger partial charge in [0.25, 0.3) is 0 Å². The van der Waals surface area contributed by atoms with Crippen LogP contribution in [0.4, 0.5) is 0 Å². The molecule has 0 rings (SSSR count). The molecule has 0 aliphatic carbocycles. The van der Waals surface area contributed by atoms with Crippen LogP contribution in [-0.2, 0) is 0 Å². The summed E-state index contributed by atoms with van der Waals surface area (Å²) >= 11 is 3.46. The van der Waals surface area contributed by atoms with E-state index in [0.717, 1.165) is 6.54 Å². The Labute approximate surface area is 59.8 Å². The number of rotatable bonds is 3. The predicted octanol–water partition coefficient (Wildman–Crippen LogP) is 1.75. The van der Waals surface area contributed by atoms with E-state index in [1.165, 1.54) is 6.42 Å². The summed E-state index contributed by atoms with van der Waals surface area (Å²) in [7, 11) is 0. The van der Waals surface area contributed by atoms with E-state index in [1.54, 1.807) is 0 Å². The summed E-state index contributed by atoms with van der Waals surface area (Å²) in [6.45, 7) is 5.11. The summed E-state index contributed by atoms with van der Waals surface area (Å²) in [4.78, 5) is 0.612. The molecule has 50 valence electrons. The van der Waals surface area contributed by atoms with Crippen LogP contribution in [0.5, 0.6) is 0 Å². The molecule has 0 aromatic heterocycles. The molecule has 2 heteroatoms. The molecule has 1 nitrogen and oxygen atoms in total. The van der Waals surface area contributed by atoms with Gasteiger partial charge in [-0.2, -0.15) is 0 Å². The summed E-state index contributed by atoms with van der Waals surface area (Å²) < 4.78 is 0. The minimum atomic E-state index is 0.612. The Morgan fingerprint density at radius 1 is 1.50 bits per heavy atom. The summed E-state index contributed by atoms with van der Waals surface area (Å²) in [6.07, 6.45) is 1.18. The SMILES string of the molecule is CC(Br)CC(C)CN. The van der Waals surface area contributed by atoms with Gasteiger partial charge in [0.15, 0.2) is 0 Å². The molecule has 0 aliphatic heterocycles. The number of nitrogens with two attached hydrogens (primary N) is 1. The van der Waals surface area contributed by atoms with Gasteiger partial charge in [0.1, 0.15) is 0 Å². The van der Waals surface area contributed by atoms with Crippen molar-refractivity contribution in [2.24, 2.45) is 11.7 Å². The highest BCUT2D eigenvalue weighted by Gasteiger charge is 2.01. The molecular formula is C6H14BrN. The first kappa shape index (κ1) is 8.44. The van der Waals surface area contributed by atoms with Gasteiger partial charge >= 0.3 is 0 Å². The van der Waals surface area contributed by atoms with Crippen molar-refractivity contribution in [3.8, 4) is 0 Å². The number of halogens is 1. The first-order valence-electron chi connectivity index (χ1n) is 3.01. The number of hydrogen-bond donors (Lipinski definition) is 1. The van der Waals surface area contributed by atoms with Crippen molar-refractivity contribution in [1.82, 2.24) is 0 Å². The normalized spacial score (nSPS) is 18.0. The molecule has 2 atom stereocenters. The van der Waals surface area contributed by atoms with Crippen molar-refractivity contribution in [1.29, 1.82) is 0 Å². The largest absolute Gasteiger partial charge is 0.330 e. The van der Waals surface area contributed by atoms with Crippen LogP contribution in [0.3, 0.4) is 0 Å². The molecule has 0 heterocycles. The lowest BCUT2D eigenvalue weighted by Gasteiger charge is -2.08. The molecule has 0 bridgehead atoms. The zero-order chi connectivity index (χ0) is 6.57. The van der Waals surface area contributed by atoms with Crippen LogP contribution < -0.4 is 5.73 Å². The van der Waals surface area contributed by atoms with Crippen molar-refractivity contribution in [2.45, 2.75) is 25.1 Å². The first-order chi connectivity index (χ1) is 3.66. The molecule has 0 aliphatic rings. The molecule has 2 N–H and O–H groups in total. The highest BCUT2D eigenvalue weighted by Crippen LogP contribution is 2.10. The molecule has 0 aromatic carbocycles. The van der Waals surface area contributed by atoms with E-state index in [2.05, 4.69) is 29.8 Å².